The smallest absolute Gasteiger partial charge is 0.220 e. The van der Waals surface area contributed by atoms with Crippen molar-refractivity contribution in [2.75, 3.05) is 0 Å². The zero-order valence-corrected chi connectivity index (χ0v) is 12.7. The van der Waals surface area contributed by atoms with Crippen molar-refractivity contribution in [3.05, 3.63) is 53.2 Å². The summed E-state index contributed by atoms with van der Waals surface area (Å²) in [5.41, 5.74) is 3.89. The van der Waals surface area contributed by atoms with Gasteiger partial charge in [-0.25, -0.2) is 4.52 Å². The molecule has 6 heteroatoms. The van der Waals surface area contributed by atoms with Gasteiger partial charge in [-0.05, 0) is 32.4 Å². The molecule has 0 fully saturated rings. The molecule has 3 rings (SSSR count). The molecule has 0 spiro atoms. The van der Waals surface area contributed by atoms with Gasteiger partial charge in [0.2, 0.25) is 5.91 Å². The van der Waals surface area contributed by atoms with E-state index in [0.717, 1.165) is 28.1 Å². The van der Waals surface area contributed by atoms with E-state index in [1.807, 2.05) is 38.2 Å². The van der Waals surface area contributed by atoms with Crippen molar-refractivity contribution in [2.45, 2.75) is 33.2 Å². The van der Waals surface area contributed by atoms with Gasteiger partial charge in [0.05, 0.1) is 17.4 Å². The molecule has 0 unspecified atom stereocenters. The lowest BCUT2D eigenvalue weighted by molar-refractivity contribution is -0.121. The molecule has 0 saturated carbocycles. The molecule has 0 aliphatic rings. The second kappa shape index (κ2) is 6.01. The van der Waals surface area contributed by atoms with Crippen LogP contribution >= 0.6 is 0 Å². The number of carbonyl (C=O) groups excluding carboxylic acids is 1. The molecule has 3 aromatic heterocycles. The predicted octanol–water partition coefficient (Wildman–Crippen LogP) is 2.19. The number of aryl methyl sites for hydroxylation is 2. The first-order valence-electron chi connectivity index (χ1n) is 7.25. The Morgan fingerprint density at radius 1 is 1.36 bits per heavy atom. The van der Waals surface area contributed by atoms with E-state index in [9.17, 15) is 4.79 Å². The number of hydrogen-bond donors (Lipinski definition) is 1. The maximum absolute atomic E-state index is 12.0. The topological polar surface area (TPSA) is 72.4 Å². The molecule has 1 N–H and O–H groups in total. The van der Waals surface area contributed by atoms with Gasteiger partial charge in [0.15, 0.2) is 0 Å². The Kier molecular flexibility index (Phi) is 3.91. The van der Waals surface area contributed by atoms with E-state index in [-0.39, 0.29) is 5.91 Å². The third-order valence-electron chi connectivity index (χ3n) is 3.77. The average molecular weight is 298 g/mol. The normalized spacial score (nSPS) is 11.0. The SMILES string of the molecule is Cc1noc(C)c1CCC(=O)NCc1cnn2ccccc12. The van der Waals surface area contributed by atoms with Gasteiger partial charge in [0, 0.05) is 30.3 Å². The number of pyridine rings is 1. The van der Waals surface area contributed by atoms with E-state index < -0.39 is 0 Å². The van der Waals surface area contributed by atoms with E-state index in [1.54, 1.807) is 10.7 Å². The lowest BCUT2D eigenvalue weighted by Gasteiger charge is -2.04. The Balaban J connectivity index is 1.56. The molecule has 0 aliphatic carbocycles. The van der Waals surface area contributed by atoms with E-state index in [4.69, 9.17) is 4.52 Å². The minimum absolute atomic E-state index is 0.00952. The molecule has 114 valence electrons. The summed E-state index contributed by atoms with van der Waals surface area (Å²) < 4.78 is 6.90. The van der Waals surface area contributed by atoms with Gasteiger partial charge in [0.1, 0.15) is 5.76 Å². The van der Waals surface area contributed by atoms with Gasteiger partial charge in [-0.1, -0.05) is 11.2 Å². The lowest BCUT2D eigenvalue weighted by Crippen LogP contribution is -2.23. The molecule has 0 atom stereocenters. The predicted molar refractivity (Wildman–Crippen MR) is 81.3 cm³/mol. The second-order valence-electron chi connectivity index (χ2n) is 5.28. The van der Waals surface area contributed by atoms with Crippen molar-refractivity contribution in [1.82, 2.24) is 20.1 Å². The maximum atomic E-state index is 12.0. The van der Waals surface area contributed by atoms with E-state index in [2.05, 4.69) is 15.6 Å². The van der Waals surface area contributed by atoms with Gasteiger partial charge in [-0.15, -0.1) is 0 Å². The molecule has 0 bridgehead atoms. The fraction of sp³-hybridized carbons (Fsp3) is 0.312. The number of nitrogens with one attached hydrogen (secondary N) is 1. The van der Waals surface area contributed by atoms with Crippen LogP contribution in [0.25, 0.3) is 5.52 Å². The Hall–Kier alpha value is -2.63. The van der Waals surface area contributed by atoms with Gasteiger partial charge in [-0.3, -0.25) is 4.79 Å². The molecule has 22 heavy (non-hydrogen) atoms. The average Bonchev–Trinajstić information content (AvgIpc) is 3.07. The number of hydrogen-bond acceptors (Lipinski definition) is 4. The Morgan fingerprint density at radius 2 is 2.23 bits per heavy atom. The highest BCUT2D eigenvalue weighted by Gasteiger charge is 2.11. The van der Waals surface area contributed by atoms with Gasteiger partial charge in [-0.2, -0.15) is 5.10 Å². The van der Waals surface area contributed by atoms with Crippen molar-refractivity contribution < 1.29 is 9.32 Å². The summed E-state index contributed by atoms with van der Waals surface area (Å²) >= 11 is 0. The molecule has 3 aromatic rings. The summed E-state index contributed by atoms with van der Waals surface area (Å²) in [5.74, 6) is 0.795. The van der Waals surface area contributed by atoms with Crippen LogP contribution in [0.5, 0.6) is 0 Å². The largest absolute Gasteiger partial charge is 0.361 e. The van der Waals surface area contributed by atoms with Gasteiger partial charge >= 0.3 is 0 Å². The van der Waals surface area contributed by atoms with Crippen LogP contribution in [0.2, 0.25) is 0 Å². The zero-order valence-electron chi connectivity index (χ0n) is 12.7. The van der Waals surface area contributed by atoms with Crippen molar-refractivity contribution >= 4 is 11.4 Å². The third kappa shape index (κ3) is 2.86. The number of rotatable bonds is 5. The molecule has 0 radical (unpaired) electrons. The minimum Gasteiger partial charge on any atom is -0.361 e. The third-order valence-corrected chi connectivity index (χ3v) is 3.77. The number of amides is 1. The molecular weight excluding hydrogens is 280 g/mol. The fourth-order valence-corrected chi connectivity index (χ4v) is 2.50. The van der Waals surface area contributed by atoms with Crippen LogP contribution in [0.15, 0.2) is 35.1 Å². The first kappa shape index (κ1) is 14.3. The summed E-state index contributed by atoms with van der Waals surface area (Å²) in [7, 11) is 0. The summed E-state index contributed by atoms with van der Waals surface area (Å²) in [5, 5.41) is 11.1. The molecule has 1 amide bonds. The number of carbonyl (C=O) groups is 1. The first-order valence-corrected chi connectivity index (χ1v) is 7.25. The number of nitrogens with zero attached hydrogens (tertiary/aromatic N) is 3. The molecular formula is C16H18N4O2. The monoisotopic (exact) mass is 298 g/mol. The first-order chi connectivity index (χ1) is 10.6. The number of fused-ring (bicyclic) bond motifs is 1. The van der Waals surface area contributed by atoms with Crippen LogP contribution in [0.4, 0.5) is 0 Å². The van der Waals surface area contributed by atoms with Crippen LogP contribution in [0.1, 0.15) is 29.0 Å². The molecule has 0 aromatic carbocycles. The van der Waals surface area contributed by atoms with Crippen LogP contribution in [-0.2, 0) is 17.8 Å². The molecule has 0 aliphatic heterocycles. The van der Waals surface area contributed by atoms with Crippen molar-refractivity contribution in [1.29, 1.82) is 0 Å². The zero-order chi connectivity index (χ0) is 15.5. The van der Waals surface area contributed by atoms with Crippen LogP contribution in [0.3, 0.4) is 0 Å². The molecule has 3 heterocycles. The minimum atomic E-state index is 0.00952. The standard InChI is InChI=1S/C16H18N4O2/c1-11-14(12(2)22-19-11)6-7-16(21)17-9-13-10-18-20-8-4-3-5-15(13)20/h3-5,8,10H,6-7,9H2,1-2H3,(H,17,21). The summed E-state index contributed by atoms with van der Waals surface area (Å²) in [6.07, 6.45) is 4.73. The fourth-order valence-electron chi connectivity index (χ4n) is 2.50. The van der Waals surface area contributed by atoms with Gasteiger partial charge < -0.3 is 9.84 Å². The van der Waals surface area contributed by atoms with Crippen molar-refractivity contribution in [3.63, 3.8) is 0 Å². The quantitative estimate of drug-likeness (QED) is 0.783. The van der Waals surface area contributed by atoms with Crippen molar-refractivity contribution in [3.8, 4) is 0 Å². The van der Waals surface area contributed by atoms with E-state index in [1.165, 1.54) is 0 Å². The van der Waals surface area contributed by atoms with E-state index >= 15 is 0 Å². The van der Waals surface area contributed by atoms with Crippen LogP contribution < -0.4 is 5.32 Å². The number of aromatic nitrogens is 3. The van der Waals surface area contributed by atoms with Crippen molar-refractivity contribution in [2.24, 2.45) is 0 Å². The second-order valence-corrected chi connectivity index (χ2v) is 5.28. The summed E-state index contributed by atoms with van der Waals surface area (Å²) in [6, 6.07) is 5.87. The van der Waals surface area contributed by atoms with Crippen LogP contribution in [-0.4, -0.2) is 20.7 Å². The Morgan fingerprint density at radius 3 is 3.00 bits per heavy atom. The molecule has 6 nitrogen and oxygen atoms in total. The van der Waals surface area contributed by atoms with Gasteiger partial charge in [0.25, 0.3) is 0 Å². The maximum Gasteiger partial charge on any atom is 0.220 e. The van der Waals surface area contributed by atoms with E-state index in [0.29, 0.717) is 19.4 Å². The lowest BCUT2D eigenvalue weighted by atomic mass is 10.1. The Labute approximate surface area is 128 Å². The summed E-state index contributed by atoms with van der Waals surface area (Å²) in [6.45, 7) is 4.24. The van der Waals surface area contributed by atoms with Crippen LogP contribution in [0, 0.1) is 13.8 Å². The highest BCUT2D eigenvalue weighted by Crippen LogP contribution is 2.14. The Bertz CT molecular complexity index is 784. The highest BCUT2D eigenvalue weighted by molar-refractivity contribution is 5.76. The highest BCUT2D eigenvalue weighted by atomic mass is 16.5. The summed E-state index contributed by atoms with van der Waals surface area (Å²) in [4.78, 5) is 12.0. The molecule has 0 saturated heterocycles.